The molecule has 0 bridgehead atoms. The molecule has 2 aromatic rings. The Morgan fingerprint density at radius 3 is 2.62 bits per heavy atom. The van der Waals surface area contributed by atoms with Gasteiger partial charge in [0.25, 0.3) is 5.91 Å². The van der Waals surface area contributed by atoms with Gasteiger partial charge in [-0.25, -0.2) is 4.79 Å². The number of aldehydes is 1. The van der Waals surface area contributed by atoms with Gasteiger partial charge in [0.1, 0.15) is 6.29 Å². The molecule has 0 aromatic heterocycles. The zero-order chi connectivity index (χ0) is 23.4. The number of Topliss-reactive ketones (excluding diaryl/α,β-unsaturated/α-hetero) is 1. The third-order valence-corrected chi connectivity index (χ3v) is 6.16. The Hall–Kier alpha value is -2.90. The van der Waals surface area contributed by atoms with Gasteiger partial charge in [-0.05, 0) is 48.7 Å². The molecule has 1 heterocycles. The molecular weight excluding hydrogens is 453 g/mol. The molecule has 1 aliphatic heterocycles. The summed E-state index contributed by atoms with van der Waals surface area (Å²) in [7, 11) is 1.64. The van der Waals surface area contributed by atoms with Crippen molar-refractivity contribution >= 4 is 52.9 Å². The van der Waals surface area contributed by atoms with Crippen molar-refractivity contribution in [3.05, 3.63) is 63.1 Å². The molecule has 1 unspecified atom stereocenters. The lowest BCUT2D eigenvalue weighted by Gasteiger charge is -2.25. The lowest BCUT2D eigenvalue weighted by atomic mass is 10.0. The minimum Gasteiger partial charge on any atom is -0.324 e. The first-order valence-electron chi connectivity index (χ1n) is 10.1. The highest BCUT2D eigenvalue weighted by Gasteiger charge is 2.35. The van der Waals surface area contributed by atoms with E-state index in [4.69, 9.17) is 23.2 Å². The molecule has 0 saturated heterocycles. The van der Waals surface area contributed by atoms with Crippen molar-refractivity contribution in [1.29, 1.82) is 0 Å². The van der Waals surface area contributed by atoms with Crippen molar-refractivity contribution in [2.45, 2.75) is 38.9 Å². The molecule has 1 aliphatic rings. The van der Waals surface area contributed by atoms with Gasteiger partial charge < -0.3 is 19.9 Å². The number of hydrogen-bond donors (Lipinski definition) is 1. The average Bonchev–Trinajstić information content (AvgIpc) is 3.08. The highest BCUT2D eigenvalue weighted by Crippen LogP contribution is 2.30. The SMILES string of the molecule is CC(=O)C(CCC=O)N1Cc2c(CN(C)C(=O)Nc3ccc(Cl)c(Cl)c3)cccc2C1=O. The zero-order valence-corrected chi connectivity index (χ0v) is 19.2. The quantitative estimate of drug-likeness (QED) is 0.567. The van der Waals surface area contributed by atoms with E-state index in [1.165, 1.54) is 16.7 Å². The Morgan fingerprint density at radius 2 is 1.97 bits per heavy atom. The van der Waals surface area contributed by atoms with Crippen LogP contribution in [-0.2, 0) is 22.7 Å². The van der Waals surface area contributed by atoms with Gasteiger partial charge in [0.05, 0.1) is 16.1 Å². The van der Waals surface area contributed by atoms with Crippen molar-refractivity contribution < 1.29 is 19.2 Å². The van der Waals surface area contributed by atoms with Crippen LogP contribution < -0.4 is 5.32 Å². The number of ketones is 1. The second kappa shape index (κ2) is 10.1. The van der Waals surface area contributed by atoms with Crippen molar-refractivity contribution in [1.82, 2.24) is 9.80 Å². The lowest BCUT2D eigenvalue weighted by Crippen LogP contribution is -2.40. The van der Waals surface area contributed by atoms with Crippen LogP contribution in [0.1, 0.15) is 41.3 Å². The van der Waals surface area contributed by atoms with E-state index in [0.29, 0.717) is 27.7 Å². The van der Waals surface area contributed by atoms with E-state index in [9.17, 15) is 19.2 Å². The van der Waals surface area contributed by atoms with Gasteiger partial charge in [-0.2, -0.15) is 0 Å². The Balaban J connectivity index is 1.75. The van der Waals surface area contributed by atoms with Gasteiger partial charge >= 0.3 is 6.03 Å². The monoisotopic (exact) mass is 475 g/mol. The molecule has 0 fully saturated rings. The number of carbonyl (C=O) groups excluding carboxylic acids is 4. The first-order chi connectivity index (χ1) is 15.2. The number of halogens is 2. The third kappa shape index (κ3) is 5.11. The van der Waals surface area contributed by atoms with Crippen LogP contribution >= 0.6 is 23.2 Å². The summed E-state index contributed by atoms with van der Waals surface area (Å²) in [5.74, 6) is -0.400. The Morgan fingerprint density at radius 1 is 1.22 bits per heavy atom. The fraction of sp³-hybridized carbons (Fsp3) is 0.304. The van der Waals surface area contributed by atoms with Crippen LogP contribution in [0, 0.1) is 0 Å². The van der Waals surface area contributed by atoms with Crippen molar-refractivity contribution in [3.8, 4) is 0 Å². The number of anilines is 1. The molecule has 9 heteroatoms. The fourth-order valence-corrected chi connectivity index (χ4v) is 4.04. The van der Waals surface area contributed by atoms with Gasteiger partial charge in [0.2, 0.25) is 0 Å². The van der Waals surface area contributed by atoms with E-state index < -0.39 is 6.04 Å². The van der Waals surface area contributed by atoms with Gasteiger partial charge in [-0.3, -0.25) is 9.59 Å². The minimum atomic E-state index is -0.649. The highest BCUT2D eigenvalue weighted by molar-refractivity contribution is 6.42. The van der Waals surface area contributed by atoms with E-state index in [2.05, 4.69) is 5.32 Å². The van der Waals surface area contributed by atoms with E-state index >= 15 is 0 Å². The predicted octanol–water partition coefficient (Wildman–Crippen LogP) is 4.55. The van der Waals surface area contributed by atoms with Crippen LogP contribution in [0.15, 0.2) is 36.4 Å². The molecule has 1 N–H and O–H groups in total. The number of fused-ring (bicyclic) bond motifs is 1. The molecule has 168 valence electrons. The summed E-state index contributed by atoms with van der Waals surface area (Å²) in [6.07, 6.45) is 1.24. The number of benzene rings is 2. The number of amides is 3. The standard InChI is InChI=1S/C23H23Cl2N3O4/c1-14(30)21(7-4-10-29)28-13-18-15(5-3-6-17(18)22(28)31)12-27(2)23(32)26-16-8-9-19(24)20(25)11-16/h3,5-6,8-11,21H,4,7,12-13H2,1-2H3,(H,26,32). The maximum Gasteiger partial charge on any atom is 0.321 e. The fourth-order valence-electron chi connectivity index (χ4n) is 3.74. The first-order valence-corrected chi connectivity index (χ1v) is 10.8. The Kier molecular flexibility index (Phi) is 7.53. The number of nitrogens with one attached hydrogen (secondary N) is 1. The molecule has 32 heavy (non-hydrogen) atoms. The molecule has 0 spiro atoms. The van der Waals surface area contributed by atoms with Crippen molar-refractivity contribution in [2.75, 3.05) is 12.4 Å². The Labute approximate surface area is 196 Å². The largest absolute Gasteiger partial charge is 0.324 e. The molecule has 1 atom stereocenters. The predicted molar refractivity (Wildman–Crippen MR) is 123 cm³/mol. The van der Waals surface area contributed by atoms with Gasteiger partial charge in [-0.15, -0.1) is 0 Å². The van der Waals surface area contributed by atoms with Gasteiger partial charge in [0, 0.05) is 37.8 Å². The van der Waals surface area contributed by atoms with Crippen LogP contribution in [0.3, 0.4) is 0 Å². The molecule has 7 nitrogen and oxygen atoms in total. The Bertz CT molecular complexity index is 1070. The summed E-state index contributed by atoms with van der Waals surface area (Å²) in [4.78, 5) is 51.5. The van der Waals surface area contributed by atoms with Crippen molar-refractivity contribution in [3.63, 3.8) is 0 Å². The minimum absolute atomic E-state index is 0.160. The lowest BCUT2D eigenvalue weighted by molar-refractivity contribution is -0.121. The summed E-state index contributed by atoms with van der Waals surface area (Å²) >= 11 is 11.9. The molecule has 0 radical (unpaired) electrons. The van der Waals surface area contributed by atoms with Crippen molar-refractivity contribution in [2.24, 2.45) is 0 Å². The molecule has 2 aromatic carbocycles. The van der Waals surface area contributed by atoms with Crippen LogP contribution in [0.5, 0.6) is 0 Å². The zero-order valence-electron chi connectivity index (χ0n) is 17.7. The highest BCUT2D eigenvalue weighted by atomic mass is 35.5. The van der Waals surface area contributed by atoms with E-state index in [1.54, 1.807) is 37.4 Å². The first kappa shape index (κ1) is 23.8. The maximum atomic E-state index is 12.9. The summed E-state index contributed by atoms with van der Waals surface area (Å²) in [6.45, 7) is 1.94. The molecule has 0 saturated carbocycles. The summed E-state index contributed by atoms with van der Waals surface area (Å²) < 4.78 is 0. The molecule has 0 aliphatic carbocycles. The number of urea groups is 1. The smallest absolute Gasteiger partial charge is 0.321 e. The summed E-state index contributed by atoms with van der Waals surface area (Å²) in [5, 5.41) is 3.49. The van der Waals surface area contributed by atoms with Gasteiger partial charge in [-0.1, -0.05) is 35.3 Å². The molecule has 3 amide bonds. The van der Waals surface area contributed by atoms with E-state index in [0.717, 1.165) is 17.4 Å². The molecule has 3 rings (SSSR count). The van der Waals surface area contributed by atoms with Crippen LogP contribution in [-0.4, -0.2) is 46.9 Å². The molecular formula is C23H23Cl2N3O4. The summed E-state index contributed by atoms with van der Waals surface area (Å²) in [5.41, 5.74) is 2.61. The number of nitrogens with zero attached hydrogens (tertiary/aromatic N) is 2. The number of carbonyl (C=O) groups is 4. The topological polar surface area (TPSA) is 86.8 Å². The van der Waals surface area contributed by atoms with E-state index in [1.807, 2.05) is 6.07 Å². The number of rotatable bonds is 8. The summed E-state index contributed by atoms with van der Waals surface area (Å²) in [6, 6.07) is 9.14. The van der Waals surface area contributed by atoms with Crippen LogP contribution in [0.2, 0.25) is 10.0 Å². The van der Waals surface area contributed by atoms with Gasteiger partial charge in [0.15, 0.2) is 5.78 Å². The number of hydrogen-bond acceptors (Lipinski definition) is 4. The third-order valence-electron chi connectivity index (χ3n) is 5.42. The maximum absolute atomic E-state index is 12.9. The normalized spacial score (nSPS) is 13.5. The van der Waals surface area contributed by atoms with E-state index in [-0.39, 0.29) is 37.2 Å². The second-order valence-electron chi connectivity index (χ2n) is 7.66. The van der Waals surface area contributed by atoms with Crippen LogP contribution in [0.25, 0.3) is 0 Å². The van der Waals surface area contributed by atoms with Crippen LogP contribution in [0.4, 0.5) is 10.5 Å². The second-order valence-corrected chi connectivity index (χ2v) is 8.48. The average molecular weight is 476 g/mol.